The highest BCUT2D eigenvalue weighted by atomic mass is 32.2. The molecule has 1 unspecified atom stereocenters. The third-order valence-corrected chi connectivity index (χ3v) is 5.21. The van der Waals surface area contributed by atoms with Crippen LogP contribution in [0.1, 0.15) is 17.6 Å². The van der Waals surface area contributed by atoms with E-state index in [4.69, 9.17) is 0 Å². The summed E-state index contributed by atoms with van der Waals surface area (Å²) in [6.07, 6.45) is 0.603. The molecule has 2 N–H and O–H groups in total. The number of aromatic amines is 1. The van der Waals surface area contributed by atoms with Gasteiger partial charge in [-0.3, -0.25) is 9.89 Å². The Kier molecular flexibility index (Phi) is 5.62. The van der Waals surface area contributed by atoms with Crippen molar-refractivity contribution in [3.05, 3.63) is 57.8 Å². The predicted octanol–water partition coefficient (Wildman–Crippen LogP) is 3.99. The summed E-state index contributed by atoms with van der Waals surface area (Å²) in [6.45, 7) is 1.58. The van der Waals surface area contributed by atoms with E-state index in [1.165, 1.54) is 0 Å². The number of benzene rings is 1. The van der Waals surface area contributed by atoms with Crippen molar-refractivity contribution in [2.24, 2.45) is 0 Å². The number of halogens is 3. The fraction of sp³-hybridized carbons (Fsp3) is 0.188. The number of nitrogens with zero attached hydrogens (tertiary/aromatic N) is 2. The molecule has 3 aromatic rings. The summed E-state index contributed by atoms with van der Waals surface area (Å²) in [6, 6.07) is 5.63. The summed E-state index contributed by atoms with van der Waals surface area (Å²) in [7, 11) is 0. The number of carbonyl (C=O) groups is 1. The van der Waals surface area contributed by atoms with Crippen molar-refractivity contribution >= 4 is 34.7 Å². The Balaban J connectivity index is 1.61. The summed E-state index contributed by atoms with van der Waals surface area (Å²) >= 11 is 2.66. The zero-order chi connectivity index (χ0) is 18.7. The summed E-state index contributed by atoms with van der Waals surface area (Å²) in [5.74, 6) is -4.30. The standard InChI is InChI=1S/C16H13F3N4OS2/c1-8(15(24)20-11-5-4-10(17)13(18)14(11)19)26-16-21-12(22-23-16)7-9-3-2-6-25-9/h2-6,8H,7H2,1H3,(H,20,24)(H,21,22,23). The topological polar surface area (TPSA) is 70.7 Å². The van der Waals surface area contributed by atoms with E-state index < -0.39 is 34.3 Å². The number of thiophene rings is 1. The molecule has 0 aliphatic heterocycles. The van der Waals surface area contributed by atoms with Crippen LogP contribution in [-0.2, 0) is 11.2 Å². The van der Waals surface area contributed by atoms with Gasteiger partial charge < -0.3 is 5.32 Å². The molecule has 0 bridgehead atoms. The van der Waals surface area contributed by atoms with E-state index in [1.54, 1.807) is 18.3 Å². The van der Waals surface area contributed by atoms with Crippen LogP contribution in [0.3, 0.4) is 0 Å². The van der Waals surface area contributed by atoms with E-state index in [-0.39, 0.29) is 0 Å². The monoisotopic (exact) mass is 398 g/mol. The van der Waals surface area contributed by atoms with Gasteiger partial charge in [0.05, 0.1) is 10.9 Å². The lowest BCUT2D eigenvalue weighted by Gasteiger charge is -2.11. The number of nitrogens with one attached hydrogen (secondary N) is 2. The minimum absolute atomic E-state index is 0.366. The van der Waals surface area contributed by atoms with Crippen LogP contribution in [0.4, 0.5) is 18.9 Å². The number of thioether (sulfide) groups is 1. The van der Waals surface area contributed by atoms with Gasteiger partial charge in [-0.25, -0.2) is 18.2 Å². The van der Waals surface area contributed by atoms with Crippen LogP contribution in [0.15, 0.2) is 34.8 Å². The van der Waals surface area contributed by atoms with E-state index in [9.17, 15) is 18.0 Å². The van der Waals surface area contributed by atoms with Crippen LogP contribution in [0, 0.1) is 17.5 Å². The molecular weight excluding hydrogens is 385 g/mol. The van der Waals surface area contributed by atoms with Gasteiger partial charge in [0, 0.05) is 11.3 Å². The molecule has 136 valence electrons. The smallest absolute Gasteiger partial charge is 0.237 e. The van der Waals surface area contributed by atoms with Gasteiger partial charge in [-0.05, 0) is 30.5 Å². The van der Waals surface area contributed by atoms with Crippen LogP contribution in [0.2, 0.25) is 0 Å². The lowest BCUT2D eigenvalue weighted by atomic mass is 10.2. The van der Waals surface area contributed by atoms with Crippen molar-refractivity contribution in [1.82, 2.24) is 15.2 Å². The molecule has 5 nitrogen and oxygen atoms in total. The SMILES string of the molecule is CC(Sc1n[nH]c(Cc2cccs2)n1)C(=O)Nc1ccc(F)c(F)c1F. The number of rotatable bonds is 6. The molecule has 0 fully saturated rings. The minimum atomic E-state index is -1.63. The molecule has 0 aliphatic rings. The Morgan fingerprint density at radius 1 is 1.31 bits per heavy atom. The molecule has 1 atom stereocenters. The summed E-state index contributed by atoms with van der Waals surface area (Å²) < 4.78 is 39.8. The van der Waals surface area contributed by atoms with Crippen molar-refractivity contribution in [1.29, 1.82) is 0 Å². The van der Waals surface area contributed by atoms with Gasteiger partial charge in [-0.1, -0.05) is 17.8 Å². The average Bonchev–Trinajstić information content (AvgIpc) is 3.28. The highest BCUT2D eigenvalue weighted by molar-refractivity contribution is 8.00. The lowest BCUT2D eigenvalue weighted by Crippen LogP contribution is -2.23. The van der Waals surface area contributed by atoms with Crippen LogP contribution < -0.4 is 5.32 Å². The molecule has 26 heavy (non-hydrogen) atoms. The molecule has 0 spiro atoms. The largest absolute Gasteiger partial charge is 0.323 e. The molecule has 0 saturated carbocycles. The van der Waals surface area contributed by atoms with Crippen molar-refractivity contribution in [2.75, 3.05) is 5.32 Å². The molecule has 2 aromatic heterocycles. The van der Waals surface area contributed by atoms with Crippen LogP contribution in [0.25, 0.3) is 0 Å². The molecule has 0 radical (unpaired) electrons. The van der Waals surface area contributed by atoms with E-state index in [0.717, 1.165) is 28.8 Å². The Morgan fingerprint density at radius 3 is 2.85 bits per heavy atom. The second-order valence-corrected chi connectivity index (χ2v) is 7.63. The molecule has 1 aromatic carbocycles. The van der Waals surface area contributed by atoms with Crippen molar-refractivity contribution < 1.29 is 18.0 Å². The van der Waals surface area contributed by atoms with Crippen molar-refractivity contribution in [3.63, 3.8) is 0 Å². The van der Waals surface area contributed by atoms with E-state index in [2.05, 4.69) is 20.5 Å². The van der Waals surface area contributed by atoms with Gasteiger partial charge in [0.1, 0.15) is 5.82 Å². The number of amides is 1. The number of hydrogen-bond donors (Lipinski definition) is 2. The normalized spacial score (nSPS) is 12.2. The first-order valence-corrected chi connectivity index (χ1v) is 9.24. The number of hydrogen-bond acceptors (Lipinski definition) is 5. The molecule has 1 amide bonds. The second kappa shape index (κ2) is 7.92. The lowest BCUT2D eigenvalue weighted by molar-refractivity contribution is -0.115. The Bertz CT molecular complexity index is 914. The highest BCUT2D eigenvalue weighted by Gasteiger charge is 2.20. The van der Waals surface area contributed by atoms with Gasteiger partial charge >= 0.3 is 0 Å². The summed E-state index contributed by atoms with van der Waals surface area (Å²) in [5, 5.41) is 10.7. The van der Waals surface area contributed by atoms with Crippen LogP contribution in [-0.4, -0.2) is 26.3 Å². The molecule has 2 heterocycles. The predicted molar refractivity (Wildman–Crippen MR) is 93.8 cm³/mol. The number of anilines is 1. The quantitative estimate of drug-likeness (QED) is 0.487. The maximum absolute atomic E-state index is 13.6. The second-order valence-electron chi connectivity index (χ2n) is 5.29. The van der Waals surface area contributed by atoms with Crippen LogP contribution >= 0.6 is 23.1 Å². The Hall–Kier alpha value is -2.33. The molecule has 3 rings (SSSR count). The third-order valence-electron chi connectivity index (χ3n) is 3.38. The summed E-state index contributed by atoms with van der Waals surface area (Å²) in [5.41, 5.74) is -0.422. The first kappa shape index (κ1) is 18.5. The maximum Gasteiger partial charge on any atom is 0.237 e. The average molecular weight is 398 g/mol. The zero-order valence-corrected chi connectivity index (χ0v) is 15.1. The Labute approximate surface area is 155 Å². The number of carbonyl (C=O) groups excluding carboxylic acids is 1. The first-order valence-electron chi connectivity index (χ1n) is 7.48. The first-order chi connectivity index (χ1) is 12.4. The maximum atomic E-state index is 13.6. The molecular formula is C16H13F3N4OS2. The van der Waals surface area contributed by atoms with Gasteiger partial charge in [0.25, 0.3) is 0 Å². The van der Waals surface area contributed by atoms with Crippen molar-refractivity contribution in [2.45, 2.75) is 23.8 Å². The fourth-order valence-electron chi connectivity index (χ4n) is 2.06. The minimum Gasteiger partial charge on any atom is -0.323 e. The van der Waals surface area contributed by atoms with E-state index in [1.807, 2.05) is 17.5 Å². The van der Waals surface area contributed by atoms with Crippen LogP contribution in [0.5, 0.6) is 0 Å². The number of aromatic nitrogens is 3. The zero-order valence-electron chi connectivity index (χ0n) is 13.4. The van der Waals surface area contributed by atoms with Gasteiger partial charge in [0.15, 0.2) is 17.5 Å². The number of H-pyrrole nitrogens is 1. The fourth-order valence-corrected chi connectivity index (χ4v) is 3.51. The van der Waals surface area contributed by atoms with E-state index in [0.29, 0.717) is 17.4 Å². The van der Waals surface area contributed by atoms with Crippen molar-refractivity contribution in [3.8, 4) is 0 Å². The van der Waals surface area contributed by atoms with Gasteiger partial charge in [-0.2, -0.15) is 0 Å². The van der Waals surface area contributed by atoms with Gasteiger partial charge in [-0.15, -0.1) is 16.4 Å². The molecule has 10 heteroatoms. The third kappa shape index (κ3) is 4.25. The molecule has 0 saturated heterocycles. The molecule has 0 aliphatic carbocycles. The van der Waals surface area contributed by atoms with Gasteiger partial charge in [0.2, 0.25) is 11.1 Å². The summed E-state index contributed by atoms with van der Waals surface area (Å²) in [4.78, 5) is 17.6. The Morgan fingerprint density at radius 2 is 2.12 bits per heavy atom. The van der Waals surface area contributed by atoms with E-state index >= 15 is 0 Å². The highest BCUT2D eigenvalue weighted by Crippen LogP contribution is 2.24.